The maximum atomic E-state index is 12.9. The summed E-state index contributed by atoms with van der Waals surface area (Å²) in [6.07, 6.45) is 0. The predicted octanol–water partition coefficient (Wildman–Crippen LogP) is 4.63. The number of carbonyl (C=O) groups is 1. The highest BCUT2D eigenvalue weighted by Gasteiger charge is 2.22. The molecule has 0 spiro atoms. The highest BCUT2D eigenvalue weighted by atomic mass is 32.2. The molecule has 0 aliphatic rings. The molecule has 168 valence electrons. The van der Waals surface area contributed by atoms with E-state index in [1.807, 2.05) is 32.9 Å². The second-order valence-corrected chi connectivity index (χ2v) is 9.72. The van der Waals surface area contributed by atoms with Gasteiger partial charge in [0.15, 0.2) is 0 Å². The van der Waals surface area contributed by atoms with Gasteiger partial charge < -0.3 is 10.1 Å². The summed E-state index contributed by atoms with van der Waals surface area (Å²) >= 11 is 0. The summed E-state index contributed by atoms with van der Waals surface area (Å²) in [7, 11) is -0.729. The van der Waals surface area contributed by atoms with E-state index in [-0.39, 0.29) is 16.8 Å². The molecule has 32 heavy (non-hydrogen) atoms. The van der Waals surface area contributed by atoms with Gasteiger partial charge in [0.2, 0.25) is 0 Å². The van der Waals surface area contributed by atoms with Crippen molar-refractivity contribution in [2.45, 2.75) is 31.7 Å². The monoisotopic (exact) mass is 452 g/mol. The van der Waals surface area contributed by atoms with Gasteiger partial charge >= 0.3 is 0 Å². The molecule has 0 aliphatic carbocycles. The van der Waals surface area contributed by atoms with Crippen molar-refractivity contribution in [3.8, 4) is 5.75 Å². The minimum atomic E-state index is -3.74. The Balaban J connectivity index is 1.73. The number of hydrogen-bond acceptors (Lipinski definition) is 4. The van der Waals surface area contributed by atoms with E-state index in [9.17, 15) is 13.2 Å². The molecule has 7 heteroatoms. The maximum absolute atomic E-state index is 12.9. The molecule has 0 aromatic heterocycles. The summed E-state index contributed by atoms with van der Waals surface area (Å²) in [4.78, 5) is 12.9. The topological polar surface area (TPSA) is 75.7 Å². The van der Waals surface area contributed by atoms with Crippen LogP contribution in [0.1, 0.15) is 40.0 Å². The first kappa shape index (κ1) is 23.3. The number of amides is 1. The lowest BCUT2D eigenvalue weighted by Crippen LogP contribution is -2.28. The van der Waals surface area contributed by atoms with Crippen LogP contribution in [0.15, 0.2) is 71.6 Å². The van der Waals surface area contributed by atoms with E-state index in [1.165, 1.54) is 36.2 Å². The summed E-state index contributed by atoms with van der Waals surface area (Å²) < 4.78 is 32.1. The summed E-state index contributed by atoms with van der Waals surface area (Å²) in [6, 6.07) is 18.7. The molecule has 1 amide bonds. The zero-order valence-electron chi connectivity index (χ0n) is 18.9. The molecular weight excluding hydrogens is 424 g/mol. The van der Waals surface area contributed by atoms with Gasteiger partial charge in [0, 0.05) is 12.6 Å². The average molecular weight is 453 g/mol. The summed E-state index contributed by atoms with van der Waals surface area (Å²) in [5, 5.41) is 3.01. The maximum Gasteiger partial charge on any atom is 0.264 e. The van der Waals surface area contributed by atoms with E-state index in [0.717, 1.165) is 11.1 Å². The van der Waals surface area contributed by atoms with Gasteiger partial charge in [-0.1, -0.05) is 23.8 Å². The van der Waals surface area contributed by atoms with Crippen LogP contribution in [0.25, 0.3) is 0 Å². The minimum absolute atomic E-state index is 0.152. The average Bonchev–Trinajstić information content (AvgIpc) is 2.78. The Labute approximate surface area is 189 Å². The van der Waals surface area contributed by atoms with Crippen molar-refractivity contribution in [3.63, 3.8) is 0 Å². The SMILES string of the molecule is COc1ccc(S(=O)(=O)N(C)c2ccc(C(=O)N[C@H](C)c3ccc(C)cc3C)cc2)cc1. The van der Waals surface area contributed by atoms with Gasteiger partial charge in [-0.2, -0.15) is 0 Å². The van der Waals surface area contributed by atoms with Gasteiger partial charge in [0.1, 0.15) is 5.75 Å². The molecule has 1 atom stereocenters. The molecule has 3 aromatic carbocycles. The highest BCUT2D eigenvalue weighted by Crippen LogP contribution is 2.24. The Kier molecular flexibility index (Phi) is 6.89. The molecule has 6 nitrogen and oxygen atoms in total. The fraction of sp³-hybridized carbons (Fsp3) is 0.240. The Hall–Kier alpha value is -3.32. The van der Waals surface area contributed by atoms with E-state index < -0.39 is 10.0 Å². The lowest BCUT2D eigenvalue weighted by atomic mass is 10.00. The van der Waals surface area contributed by atoms with Gasteiger partial charge in [-0.15, -0.1) is 0 Å². The second-order valence-electron chi connectivity index (χ2n) is 7.75. The smallest absolute Gasteiger partial charge is 0.264 e. The number of anilines is 1. The number of nitrogens with one attached hydrogen (secondary N) is 1. The van der Waals surface area contributed by atoms with Gasteiger partial charge in [-0.05, 0) is 80.4 Å². The van der Waals surface area contributed by atoms with Gasteiger partial charge in [0.25, 0.3) is 15.9 Å². The van der Waals surface area contributed by atoms with Crippen LogP contribution in [-0.2, 0) is 10.0 Å². The molecule has 0 saturated heterocycles. The summed E-state index contributed by atoms with van der Waals surface area (Å²) in [5.41, 5.74) is 4.28. The predicted molar refractivity (Wildman–Crippen MR) is 127 cm³/mol. The molecule has 0 unspecified atom stereocenters. The van der Waals surface area contributed by atoms with Crippen LogP contribution in [0.2, 0.25) is 0 Å². The quantitative estimate of drug-likeness (QED) is 0.567. The second kappa shape index (κ2) is 9.44. The lowest BCUT2D eigenvalue weighted by Gasteiger charge is -2.20. The third-order valence-electron chi connectivity index (χ3n) is 5.45. The lowest BCUT2D eigenvalue weighted by molar-refractivity contribution is 0.0940. The molecule has 0 aliphatic heterocycles. The van der Waals surface area contributed by atoms with Gasteiger partial charge in [0.05, 0.1) is 23.7 Å². The Morgan fingerprint density at radius 3 is 2.16 bits per heavy atom. The van der Waals surface area contributed by atoms with Gasteiger partial charge in [-0.25, -0.2) is 8.42 Å². The van der Waals surface area contributed by atoms with Crippen molar-refractivity contribution in [1.29, 1.82) is 0 Å². The first-order chi connectivity index (χ1) is 15.1. The number of methoxy groups -OCH3 is 1. The van der Waals surface area contributed by atoms with Crippen molar-refractivity contribution in [3.05, 3.63) is 89.0 Å². The normalized spacial score (nSPS) is 12.2. The van der Waals surface area contributed by atoms with Crippen molar-refractivity contribution < 1.29 is 17.9 Å². The third-order valence-corrected chi connectivity index (χ3v) is 7.25. The fourth-order valence-electron chi connectivity index (χ4n) is 3.54. The van der Waals surface area contributed by atoms with Crippen LogP contribution in [0.3, 0.4) is 0 Å². The van der Waals surface area contributed by atoms with Crippen LogP contribution in [0, 0.1) is 13.8 Å². The first-order valence-electron chi connectivity index (χ1n) is 10.2. The van der Waals surface area contributed by atoms with Crippen molar-refractivity contribution in [1.82, 2.24) is 5.32 Å². The molecule has 1 N–H and O–H groups in total. The molecule has 0 bridgehead atoms. The van der Waals surface area contributed by atoms with E-state index in [1.54, 1.807) is 36.4 Å². The number of nitrogens with zero attached hydrogens (tertiary/aromatic N) is 1. The van der Waals surface area contributed by atoms with Crippen LogP contribution in [0.4, 0.5) is 5.69 Å². The zero-order chi connectivity index (χ0) is 23.5. The summed E-state index contributed by atoms with van der Waals surface area (Å²) in [6.45, 7) is 6.01. The molecule has 0 fully saturated rings. The van der Waals surface area contributed by atoms with E-state index in [0.29, 0.717) is 17.0 Å². The number of ether oxygens (including phenoxy) is 1. The number of carbonyl (C=O) groups excluding carboxylic acids is 1. The highest BCUT2D eigenvalue weighted by molar-refractivity contribution is 7.92. The molecule has 3 aromatic rings. The minimum Gasteiger partial charge on any atom is -0.497 e. The van der Waals surface area contributed by atoms with E-state index in [2.05, 4.69) is 11.4 Å². The van der Waals surface area contributed by atoms with E-state index in [4.69, 9.17) is 4.74 Å². The Morgan fingerprint density at radius 1 is 0.969 bits per heavy atom. The number of sulfonamides is 1. The van der Waals surface area contributed by atoms with Crippen LogP contribution < -0.4 is 14.4 Å². The largest absolute Gasteiger partial charge is 0.497 e. The fourth-order valence-corrected chi connectivity index (χ4v) is 4.73. The zero-order valence-corrected chi connectivity index (χ0v) is 19.7. The van der Waals surface area contributed by atoms with Crippen molar-refractivity contribution in [2.75, 3.05) is 18.5 Å². The number of aryl methyl sites for hydroxylation is 2. The van der Waals surface area contributed by atoms with Crippen LogP contribution in [-0.4, -0.2) is 28.5 Å². The first-order valence-corrected chi connectivity index (χ1v) is 11.7. The van der Waals surface area contributed by atoms with E-state index >= 15 is 0 Å². The third kappa shape index (κ3) is 4.94. The number of hydrogen-bond donors (Lipinski definition) is 1. The molecule has 0 radical (unpaired) electrons. The van der Waals surface area contributed by atoms with Crippen molar-refractivity contribution in [2.24, 2.45) is 0 Å². The standard InChI is InChI=1S/C25H28N2O4S/c1-17-6-15-24(18(2)16-17)19(3)26-25(28)20-7-9-21(10-8-20)27(4)32(29,30)23-13-11-22(31-5)12-14-23/h6-16,19H,1-5H3,(H,26,28)/t19-/m1/s1. The molecule has 3 rings (SSSR count). The van der Waals surface area contributed by atoms with Crippen LogP contribution in [0.5, 0.6) is 5.75 Å². The van der Waals surface area contributed by atoms with Crippen LogP contribution >= 0.6 is 0 Å². The van der Waals surface area contributed by atoms with Crippen molar-refractivity contribution >= 4 is 21.6 Å². The molecule has 0 saturated carbocycles. The molecule has 0 heterocycles. The number of benzene rings is 3. The number of rotatable bonds is 7. The Bertz CT molecular complexity index is 1200. The Morgan fingerprint density at radius 2 is 1.59 bits per heavy atom. The summed E-state index contributed by atoms with van der Waals surface area (Å²) in [5.74, 6) is 0.363. The van der Waals surface area contributed by atoms with Gasteiger partial charge in [-0.3, -0.25) is 9.10 Å². The molecular formula is C25H28N2O4S.